The Bertz CT molecular complexity index is 609. The molecule has 0 radical (unpaired) electrons. The van der Waals surface area contributed by atoms with Gasteiger partial charge in [0.2, 0.25) is 5.91 Å². The minimum atomic E-state index is -0.0927. The van der Waals surface area contributed by atoms with Gasteiger partial charge in [-0.1, -0.05) is 18.1 Å². The highest BCUT2D eigenvalue weighted by Crippen LogP contribution is 2.09. The van der Waals surface area contributed by atoms with Crippen molar-refractivity contribution in [1.29, 1.82) is 0 Å². The Kier molecular flexibility index (Phi) is 3.72. The van der Waals surface area contributed by atoms with Gasteiger partial charge in [0, 0.05) is 24.4 Å². The fourth-order valence-electron chi connectivity index (χ4n) is 1.45. The van der Waals surface area contributed by atoms with E-state index < -0.39 is 0 Å². The number of aromatic nitrogens is 1. The predicted molar refractivity (Wildman–Crippen MR) is 71.0 cm³/mol. The number of carbonyl (C=O) groups is 1. The van der Waals surface area contributed by atoms with Gasteiger partial charge in [-0.2, -0.15) is 0 Å². The van der Waals surface area contributed by atoms with Crippen LogP contribution < -0.4 is 5.32 Å². The van der Waals surface area contributed by atoms with Crippen molar-refractivity contribution < 1.29 is 4.79 Å². The zero-order valence-corrected chi connectivity index (χ0v) is 9.97. The molecule has 0 saturated heterocycles. The first-order valence-corrected chi connectivity index (χ1v) is 5.55. The summed E-state index contributed by atoms with van der Waals surface area (Å²) in [5.74, 6) is 5.89. The van der Waals surface area contributed by atoms with Crippen molar-refractivity contribution >= 4 is 11.6 Å². The van der Waals surface area contributed by atoms with Gasteiger partial charge in [0.25, 0.3) is 0 Å². The van der Waals surface area contributed by atoms with Gasteiger partial charge in [-0.3, -0.25) is 4.79 Å². The molecule has 1 aromatic carbocycles. The van der Waals surface area contributed by atoms with Gasteiger partial charge >= 0.3 is 0 Å². The fourth-order valence-corrected chi connectivity index (χ4v) is 1.45. The van der Waals surface area contributed by atoms with Crippen LogP contribution in [-0.2, 0) is 4.79 Å². The number of carbonyl (C=O) groups excluding carboxylic acids is 1. The lowest BCUT2D eigenvalue weighted by Crippen LogP contribution is -2.05. The van der Waals surface area contributed by atoms with Gasteiger partial charge in [-0.15, -0.1) is 0 Å². The van der Waals surface area contributed by atoms with E-state index in [9.17, 15) is 4.79 Å². The molecule has 0 aliphatic heterocycles. The Morgan fingerprint density at radius 3 is 2.78 bits per heavy atom. The molecule has 0 fully saturated rings. The Balaban J connectivity index is 2.20. The standard InChI is InChI=1S/C15H12N2O/c1-12(18)17-15-7-4-5-13(11-15)8-9-14-6-2-3-10-16-14/h2-7,10-11H,1H3,(H,17,18). The zero-order valence-electron chi connectivity index (χ0n) is 9.97. The van der Waals surface area contributed by atoms with Crippen LogP contribution in [0.1, 0.15) is 18.2 Å². The number of anilines is 1. The SMILES string of the molecule is CC(=O)Nc1cccc(C#Cc2ccccn2)c1. The Morgan fingerprint density at radius 2 is 2.06 bits per heavy atom. The molecule has 1 N–H and O–H groups in total. The molecule has 1 aromatic heterocycles. The Morgan fingerprint density at radius 1 is 1.17 bits per heavy atom. The molecular weight excluding hydrogens is 224 g/mol. The molecule has 1 amide bonds. The number of pyridine rings is 1. The summed E-state index contributed by atoms with van der Waals surface area (Å²) < 4.78 is 0. The van der Waals surface area contributed by atoms with Crippen LogP contribution in [0.5, 0.6) is 0 Å². The highest BCUT2D eigenvalue weighted by atomic mass is 16.1. The molecule has 3 nitrogen and oxygen atoms in total. The Hall–Kier alpha value is -2.60. The van der Waals surface area contributed by atoms with Crippen molar-refractivity contribution in [3.05, 3.63) is 59.9 Å². The minimum Gasteiger partial charge on any atom is -0.326 e. The lowest BCUT2D eigenvalue weighted by molar-refractivity contribution is -0.114. The van der Waals surface area contributed by atoms with Crippen LogP contribution in [0.3, 0.4) is 0 Å². The summed E-state index contributed by atoms with van der Waals surface area (Å²) in [5.41, 5.74) is 2.31. The largest absolute Gasteiger partial charge is 0.326 e. The number of benzene rings is 1. The summed E-state index contributed by atoms with van der Waals surface area (Å²) in [6.07, 6.45) is 1.71. The van der Waals surface area contributed by atoms with Gasteiger partial charge in [0.05, 0.1) is 0 Å². The summed E-state index contributed by atoms with van der Waals surface area (Å²) in [7, 11) is 0. The van der Waals surface area contributed by atoms with Crippen molar-refractivity contribution in [2.24, 2.45) is 0 Å². The van der Waals surface area contributed by atoms with Gasteiger partial charge in [0.15, 0.2) is 0 Å². The van der Waals surface area contributed by atoms with Crippen molar-refractivity contribution in [2.45, 2.75) is 6.92 Å². The highest BCUT2D eigenvalue weighted by Gasteiger charge is 1.95. The normalized spacial score (nSPS) is 9.17. The van der Waals surface area contributed by atoms with Crippen molar-refractivity contribution in [2.75, 3.05) is 5.32 Å². The second kappa shape index (κ2) is 5.65. The third kappa shape index (κ3) is 3.46. The van der Waals surface area contributed by atoms with E-state index in [0.29, 0.717) is 0 Å². The fraction of sp³-hybridized carbons (Fsp3) is 0.0667. The van der Waals surface area contributed by atoms with Crippen LogP contribution in [0.15, 0.2) is 48.7 Å². The molecule has 3 heteroatoms. The maximum absolute atomic E-state index is 10.9. The maximum Gasteiger partial charge on any atom is 0.221 e. The van der Waals surface area contributed by atoms with Crippen molar-refractivity contribution in [3.8, 4) is 11.8 Å². The van der Waals surface area contributed by atoms with E-state index in [2.05, 4.69) is 22.1 Å². The van der Waals surface area contributed by atoms with E-state index in [1.54, 1.807) is 6.20 Å². The lowest BCUT2D eigenvalue weighted by atomic mass is 10.2. The molecule has 0 unspecified atom stereocenters. The smallest absolute Gasteiger partial charge is 0.221 e. The minimum absolute atomic E-state index is 0.0927. The average Bonchev–Trinajstić information content (AvgIpc) is 2.37. The second-order valence-electron chi connectivity index (χ2n) is 3.73. The van der Waals surface area contributed by atoms with Crippen LogP contribution in [0.2, 0.25) is 0 Å². The molecule has 0 bridgehead atoms. The van der Waals surface area contributed by atoms with Crippen molar-refractivity contribution in [3.63, 3.8) is 0 Å². The van der Waals surface area contributed by atoms with Gasteiger partial charge in [-0.25, -0.2) is 4.98 Å². The van der Waals surface area contributed by atoms with E-state index in [1.807, 2.05) is 42.5 Å². The number of rotatable bonds is 1. The summed E-state index contributed by atoms with van der Waals surface area (Å²) in [6, 6.07) is 13.0. The summed E-state index contributed by atoms with van der Waals surface area (Å²) in [4.78, 5) is 15.1. The van der Waals surface area contributed by atoms with E-state index >= 15 is 0 Å². The number of hydrogen-bond acceptors (Lipinski definition) is 2. The van der Waals surface area contributed by atoms with Crippen LogP contribution in [-0.4, -0.2) is 10.9 Å². The number of hydrogen-bond donors (Lipinski definition) is 1. The van der Waals surface area contributed by atoms with E-state index in [-0.39, 0.29) is 5.91 Å². The molecule has 2 rings (SSSR count). The van der Waals surface area contributed by atoms with Crippen LogP contribution in [0, 0.1) is 11.8 Å². The van der Waals surface area contributed by atoms with Gasteiger partial charge in [0.1, 0.15) is 5.69 Å². The quantitative estimate of drug-likeness (QED) is 0.773. The third-order valence-electron chi connectivity index (χ3n) is 2.18. The molecule has 1 heterocycles. The molecular formula is C15H12N2O. The highest BCUT2D eigenvalue weighted by molar-refractivity contribution is 5.88. The first kappa shape index (κ1) is 11.9. The summed E-state index contributed by atoms with van der Waals surface area (Å²) in [5, 5.41) is 2.72. The van der Waals surface area contributed by atoms with E-state index in [4.69, 9.17) is 0 Å². The summed E-state index contributed by atoms with van der Waals surface area (Å²) in [6.45, 7) is 1.48. The maximum atomic E-state index is 10.9. The first-order valence-electron chi connectivity index (χ1n) is 5.55. The predicted octanol–water partition coefficient (Wildman–Crippen LogP) is 2.44. The first-order chi connectivity index (χ1) is 8.74. The molecule has 2 aromatic rings. The molecule has 88 valence electrons. The molecule has 0 aliphatic rings. The van der Waals surface area contributed by atoms with Crippen LogP contribution >= 0.6 is 0 Å². The van der Waals surface area contributed by atoms with Gasteiger partial charge < -0.3 is 5.32 Å². The second-order valence-corrected chi connectivity index (χ2v) is 3.73. The zero-order chi connectivity index (χ0) is 12.8. The molecule has 0 aliphatic carbocycles. The van der Waals surface area contributed by atoms with Crippen LogP contribution in [0.4, 0.5) is 5.69 Å². The number of amides is 1. The monoisotopic (exact) mass is 236 g/mol. The molecule has 18 heavy (non-hydrogen) atoms. The molecule has 0 saturated carbocycles. The summed E-state index contributed by atoms with van der Waals surface area (Å²) >= 11 is 0. The number of nitrogens with zero attached hydrogens (tertiary/aromatic N) is 1. The van der Waals surface area contributed by atoms with E-state index in [1.165, 1.54) is 6.92 Å². The third-order valence-corrected chi connectivity index (χ3v) is 2.18. The van der Waals surface area contributed by atoms with Crippen LogP contribution in [0.25, 0.3) is 0 Å². The molecule has 0 atom stereocenters. The number of nitrogens with one attached hydrogen (secondary N) is 1. The topological polar surface area (TPSA) is 42.0 Å². The van der Waals surface area contributed by atoms with Crippen molar-refractivity contribution in [1.82, 2.24) is 4.98 Å². The lowest BCUT2D eigenvalue weighted by Gasteiger charge is -2.01. The van der Waals surface area contributed by atoms with Gasteiger partial charge in [-0.05, 0) is 36.3 Å². The molecule has 0 spiro atoms. The average molecular weight is 236 g/mol. The Labute approximate surface area is 106 Å². The van der Waals surface area contributed by atoms with E-state index in [0.717, 1.165) is 16.9 Å².